The molecule has 7 heteroatoms. The van der Waals surface area contributed by atoms with E-state index >= 15 is 0 Å². The number of hydrogen-bond donors (Lipinski definition) is 1. The molecule has 3 aromatic carbocycles. The molecule has 31 heavy (non-hydrogen) atoms. The van der Waals surface area contributed by atoms with Crippen molar-refractivity contribution in [3.63, 3.8) is 0 Å². The highest BCUT2D eigenvalue weighted by Gasteiger charge is 2.10. The van der Waals surface area contributed by atoms with Gasteiger partial charge in [0.05, 0.1) is 25.6 Å². The molecule has 0 aliphatic carbocycles. The zero-order chi connectivity index (χ0) is 21.8. The van der Waals surface area contributed by atoms with Crippen LogP contribution in [0.3, 0.4) is 0 Å². The first-order valence-corrected chi connectivity index (χ1v) is 10.3. The Morgan fingerprint density at radius 1 is 0.903 bits per heavy atom. The van der Waals surface area contributed by atoms with Gasteiger partial charge < -0.3 is 14.8 Å². The van der Waals surface area contributed by atoms with Gasteiger partial charge in [0, 0.05) is 27.5 Å². The predicted molar refractivity (Wildman–Crippen MR) is 124 cm³/mol. The predicted octanol–water partition coefficient (Wildman–Crippen LogP) is 5.57. The molecule has 1 amide bonds. The zero-order valence-corrected chi connectivity index (χ0v) is 18.6. The Morgan fingerprint density at radius 2 is 1.61 bits per heavy atom. The summed E-state index contributed by atoms with van der Waals surface area (Å²) in [7, 11) is 3.21. The number of aromatic nitrogens is 2. The van der Waals surface area contributed by atoms with Crippen LogP contribution in [0.15, 0.2) is 83.5 Å². The first-order valence-electron chi connectivity index (χ1n) is 9.53. The van der Waals surface area contributed by atoms with Crippen molar-refractivity contribution in [2.45, 2.75) is 0 Å². The van der Waals surface area contributed by atoms with Crippen LogP contribution in [0.5, 0.6) is 11.5 Å². The van der Waals surface area contributed by atoms with E-state index in [0.29, 0.717) is 17.1 Å². The molecule has 0 fully saturated rings. The zero-order valence-electron chi connectivity index (χ0n) is 17.0. The lowest BCUT2D eigenvalue weighted by atomic mass is 10.1. The highest BCUT2D eigenvalue weighted by atomic mass is 79.9. The number of nitrogens with one attached hydrogen (secondary N) is 1. The summed E-state index contributed by atoms with van der Waals surface area (Å²) < 4.78 is 13.4. The Morgan fingerprint density at radius 3 is 2.29 bits per heavy atom. The van der Waals surface area contributed by atoms with Crippen molar-refractivity contribution >= 4 is 27.5 Å². The molecule has 1 N–H and O–H groups in total. The number of methoxy groups -OCH3 is 2. The van der Waals surface area contributed by atoms with Gasteiger partial charge in [0.15, 0.2) is 11.5 Å². The lowest BCUT2D eigenvalue weighted by molar-refractivity contribution is 0.102. The number of carbonyl (C=O) groups excluding carboxylic acids is 1. The van der Waals surface area contributed by atoms with Crippen LogP contribution >= 0.6 is 15.9 Å². The molecule has 1 heterocycles. The third-order valence-corrected chi connectivity index (χ3v) is 5.29. The van der Waals surface area contributed by atoms with Crippen LogP contribution < -0.4 is 14.8 Å². The largest absolute Gasteiger partial charge is 0.493 e. The van der Waals surface area contributed by atoms with Crippen LogP contribution in [0.1, 0.15) is 10.4 Å². The van der Waals surface area contributed by atoms with E-state index in [1.807, 2.05) is 66.9 Å². The summed E-state index contributed by atoms with van der Waals surface area (Å²) in [6.45, 7) is 0. The first-order chi connectivity index (χ1) is 15.1. The van der Waals surface area contributed by atoms with E-state index in [4.69, 9.17) is 9.47 Å². The van der Waals surface area contributed by atoms with Gasteiger partial charge in [-0.25, -0.2) is 4.68 Å². The van der Waals surface area contributed by atoms with Crippen molar-refractivity contribution in [3.05, 3.63) is 89.0 Å². The van der Waals surface area contributed by atoms with Crippen LogP contribution in [0.25, 0.3) is 16.9 Å². The highest BCUT2D eigenvalue weighted by molar-refractivity contribution is 9.10. The molecule has 6 nitrogen and oxygen atoms in total. The number of rotatable bonds is 6. The van der Waals surface area contributed by atoms with Gasteiger partial charge in [0.2, 0.25) is 0 Å². The lowest BCUT2D eigenvalue weighted by Crippen LogP contribution is -2.11. The van der Waals surface area contributed by atoms with Crippen LogP contribution in [0.4, 0.5) is 5.69 Å². The van der Waals surface area contributed by atoms with Gasteiger partial charge in [-0.3, -0.25) is 4.79 Å². The number of halogens is 1. The minimum atomic E-state index is -0.166. The highest BCUT2D eigenvalue weighted by Crippen LogP contribution is 2.31. The average Bonchev–Trinajstić information content (AvgIpc) is 3.30. The molecule has 1 aromatic heterocycles. The average molecular weight is 478 g/mol. The number of anilines is 1. The maximum atomic E-state index is 12.5. The maximum Gasteiger partial charge on any atom is 0.255 e. The molecule has 0 aliphatic rings. The Labute approximate surface area is 188 Å². The second kappa shape index (κ2) is 9.06. The topological polar surface area (TPSA) is 65.4 Å². The summed E-state index contributed by atoms with van der Waals surface area (Å²) in [5.41, 5.74) is 3.88. The fourth-order valence-corrected chi connectivity index (χ4v) is 3.38. The molecular weight excluding hydrogens is 458 g/mol. The first kappa shape index (κ1) is 20.7. The van der Waals surface area contributed by atoms with E-state index in [-0.39, 0.29) is 5.91 Å². The third kappa shape index (κ3) is 4.62. The molecule has 0 saturated carbocycles. The summed E-state index contributed by atoms with van der Waals surface area (Å²) in [6.07, 6.45) is 1.88. The van der Waals surface area contributed by atoms with E-state index in [1.54, 1.807) is 31.0 Å². The molecular formula is C24H20BrN3O3. The van der Waals surface area contributed by atoms with Gasteiger partial charge in [-0.2, -0.15) is 5.10 Å². The van der Waals surface area contributed by atoms with Crippen molar-refractivity contribution in [1.29, 1.82) is 0 Å². The minimum absolute atomic E-state index is 0.166. The van der Waals surface area contributed by atoms with Gasteiger partial charge in [0.1, 0.15) is 0 Å². The van der Waals surface area contributed by atoms with E-state index in [1.165, 1.54) is 0 Å². The molecule has 4 rings (SSSR count). The molecule has 0 radical (unpaired) electrons. The van der Waals surface area contributed by atoms with E-state index in [2.05, 4.69) is 26.3 Å². The summed E-state index contributed by atoms with van der Waals surface area (Å²) in [5, 5.41) is 7.53. The number of carbonyl (C=O) groups is 1. The molecule has 0 atom stereocenters. The Hall–Kier alpha value is -3.58. The number of ether oxygens (including phenoxy) is 2. The van der Waals surface area contributed by atoms with Crippen LogP contribution in [0.2, 0.25) is 0 Å². The smallest absolute Gasteiger partial charge is 0.255 e. The Balaban J connectivity index is 1.50. The standard InChI is InChI=1S/C24H20BrN3O3/c1-30-22-12-5-17(15-23(22)31-2)21-13-14-28(27-21)20-10-3-16(4-11-20)24(29)26-19-8-6-18(25)7-9-19/h3-15H,1-2H3,(H,26,29). The van der Waals surface area contributed by atoms with E-state index in [0.717, 1.165) is 27.1 Å². The van der Waals surface area contributed by atoms with Gasteiger partial charge >= 0.3 is 0 Å². The number of hydrogen-bond acceptors (Lipinski definition) is 4. The van der Waals surface area contributed by atoms with Gasteiger partial charge in [-0.1, -0.05) is 15.9 Å². The fourth-order valence-electron chi connectivity index (χ4n) is 3.12. The molecule has 0 unspecified atom stereocenters. The second-order valence-corrected chi connectivity index (χ2v) is 7.64. The second-order valence-electron chi connectivity index (χ2n) is 6.72. The van der Waals surface area contributed by atoms with Gasteiger partial charge in [0.25, 0.3) is 5.91 Å². The van der Waals surface area contributed by atoms with Crippen LogP contribution in [-0.4, -0.2) is 29.9 Å². The van der Waals surface area contributed by atoms with Crippen molar-refractivity contribution in [1.82, 2.24) is 9.78 Å². The van der Waals surface area contributed by atoms with Crippen molar-refractivity contribution < 1.29 is 14.3 Å². The minimum Gasteiger partial charge on any atom is -0.493 e. The molecule has 0 bridgehead atoms. The number of amides is 1. The van der Waals surface area contributed by atoms with Crippen molar-refractivity contribution in [2.24, 2.45) is 0 Å². The van der Waals surface area contributed by atoms with Gasteiger partial charge in [-0.15, -0.1) is 0 Å². The van der Waals surface area contributed by atoms with E-state index in [9.17, 15) is 4.79 Å². The van der Waals surface area contributed by atoms with Crippen molar-refractivity contribution in [3.8, 4) is 28.4 Å². The third-order valence-electron chi connectivity index (χ3n) is 4.76. The monoisotopic (exact) mass is 477 g/mol. The number of benzene rings is 3. The summed E-state index contributed by atoms with van der Waals surface area (Å²) in [4.78, 5) is 12.5. The molecule has 156 valence electrons. The molecule has 0 saturated heterocycles. The van der Waals surface area contributed by atoms with E-state index < -0.39 is 0 Å². The van der Waals surface area contributed by atoms with Crippen LogP contribution in [0, 0.1) is 0 Å². The van der Waals surface area contributed by atoms with Crippen molar-refractivity contribution in [2.75, 3.05) is 19.5 Å². The number of nitrogens with zero attached hydrogens (tertiary/aromatic N) is 2. The molecule has 0 aliphatic heterocycles. The molecule has 4 aromatic rings. The maximum absolute atomic E-state index is 12.5. The SMILES string of the molecule is COc1ccc(-c2ccn(-c3ccc(C(=O)Nc4ccc(Br)cc4)cc3)n2)cc1OC. The summed E-state index contributed by atoms with van der Waals surface area (Å²) in [5.74, 6) is 1.15. The summed E-state index contributed by atoms with van der Waals surface area (Å²) in [6, 6.07) is 22.3. The lowest BCUT2D eigenvalue weighted by Gasteiger charge is -2.08. The van der Waals surface area contributed by atoms with Crippen LogP contribution in [-0.2, 0) is 0 Å². The Bertz CT molecular complexity index is 1200. The normalized spacial score (nSPS) is 10.5. The fraction of sp³-hybridized carbons (Fsp3) is 0.0833. The Kier molecular flexibility index (Phi) is 6.04. The summed E-state index contributed by atoms with van der Waals surface area (Å²) >= 11 is 3.38. The van der Waals surface area contributed by atoms with Gasteiger partial charge in [-0.05, 0) is 72.8 Å². The molecule has 0 spiro atoms. The quantitative estimate of drug-likeness (QED) is 0.394.